The molecule has 3 heteroatoms. The molecule has 0 aliphatic heterocycles. The Kier molecular flexibility index (Phi) is 2.73. The Hall–Kier alpha value is -1.35. The molecule has 0 saturated heterocycles. The third-order valence-electron chi connectivity index (χ3n) is 2.78. The summed E-state index contributed by atoms with van der Waals surface area (Å²) in [5, 5.41) is 0. The van der Waals surface area contributed by atoms with Gasteiger partial charge in [-0.05, 0) is 43.0 Å². The predicted molar refractivity (Wildman–Crippen MR) is 57.6 cm³/mol. The molecular weight excluding hydrogens is 190 g/mol. The van der Waals surface area contributed by atoms with Gasteiger partial charge in [0.1, 0.15) is 0 Å². The number of rotatable bonds is 2. The van der Waals surface area contributed by atoms with Crippen molar-refractivity contribution in [2.75, 3.05) is 6.61 Å². The number of hydrogen-bond acceptors (Lipinski definition) is 3. The van der Waals surface area contributed by atoms with Crippen molar-refractivity contribution in [3.63, 3.8) is 0 Å². The van der Waals surface area contributed by atoms with Crippen LogP contribution in [0.15, 0.2) is 18.2 Å². The minimum atomic E-state index is -0.264. The SMILES string of the molecule is CCOC(=O)c1ccc2c(c1)[C@@H](N)CC2. The maximum absolute atomic E-state index is 11.5. The molecule has 2 N–H and O–H groups in total. The van der Waals surface area contributed by atoms with Gasteiger partial charge >= 0.3 is 5.97 Å². The van der Waals surface area contributed by atoms with Crippen LogP contribution in [0.4, 0.5) is 0 Å². The standard InChI is InChI=1S/C12H15NO2/c1-2-15-12(14)9-4-3-8-5-6-11(13)10(8)7-9/h3-4,7,11H,2,5-6,13H2,1H3/t11-/m0/s1. The van der Waals surface area contributed by atoms with Crippen LogP contribution in [0.3, 0.4) is 0 Å². The minimum Gasteiger partial charge on any atom is -0.462 e. The van der Waals surface area contributed by atoms with Crippen molar-refractivity contribution >= 4 is 5.97 Å². The molecule has 0 aromatic heterocycles. The zero-order valence-electron chi connectivity index (χ0n) is 8.82. The molecule has 0 unspecified atom stereocenters. The van der Waals surface area contributed by atoms with Crippen LogP contribution in [-0.4, -0.2) is 12.6 Å². The van der Waals surface area contributed by atoms with Gasteiger partial charge in [0.25, 0.3) is 0 Å². The van der Waals surface area contributed by atoms with Crippen LogP contribution in [0.1, 0.15) is 40.9 Å². The summed E-state index contributed by atoms with van der Waals surface area (Å²) in [5.41, 5.74) is 8.90. The number of nitrogens with two attached hydrogens (primary N) is 1. The van der Waals surface area contributed by atoms with E-state index in [4.69, 9.17) is 10.5 Å². The van der Waals surface area contributed by atoms with E-state index in [2.05, 4.69) is 0 Å². The smallest absolute Gasteiger partial charge is 0.338 e. The predicted octanol–water partition coefficient (Wildman–Crippen LogP) is 1.81. The van der Waals surface area contributed by atoms with Crippen LogP contribution in [0, 0.1) is 0 Å². The molecular formula is C12H15NO2. The Labute approximate surface area is 89.2 Å². The van der Waals surface area contributed by atoms with E-state index in [9.17, 15) is 4.79 Å². The number of fused-ring (bicyclic) bond motifs is 1. The van der Waals surface area contributed by atoms with E-state index in [1.807, 2.05) is 18.2 Å². The zero-order chi connectivity index (χ0) is 10.8. The Morgan fingerprint density at radius 2 is 2.40 bits per heavy atom. The summed E-state index contributed by atoms with van der Waals surface area (Å²) in [5.74, 6) is -0.264. The van der Waals surface area contributed by atoms with Gasteiger partial charge in [-0.15, -0.1) is 0 Å². The summed E-state index contributed by atoms with van der Waals surface area (Å²) in [7, 11) is 0. The van der Waals surface area contributed by atoms with Crippen molar-refractivity contribution in [1.82, 2.24) is 0 Å². The lowest BCUT2D eigenvalue weighted by Gasteiger charge is -2.07. The lowest BCUT2D eigenvalue weighted by molar-refractivity contribution is 0.0526. The molecule has 0 spiro atoms. The monoisotopic (exact) mass is 205 g/mol. The van der Waals surface area contributed by atoms with E-state index in [1.165, 1.54) is 5.56 Å². The third-order valence-corrected chi connectivity index (χ3v) is 2.78. The summed E-state index contributed by atoms with van der Waals surface area (Å²) in [6.45, 7) is 2.21. The topological polar surface area (TPSA) is 52.3 Å². The second-order valence-electron chi connectivity index (χ2n) is 3.78. The van der Waals surface area contributed by atoms with Crippen LogP contribution in [0.25, 0.3) is 0 Å². The Balaban J connectivity index is 2.29. The van der Waals surface area contributed by atoms with Gasteiger partial charge in [-0.25, -0.2) is 4.79 Å². The number of esters is 1. The molecule has 0 amide bonds. The number of benzene rings is 1. The fraction of sp³-hybridized carbons (Fsp3) is 0.417. The van der Waals surface area contributed by atoms with Crippen LogP contribution in [-0.2, 0) is 11.2 Å². The molecule has 1 aromatic carbocycles. The van der Waals surface area contributed by atoms with Gasteiger partial charge in [-0.2, -0.15) is 0 Å². The average molecular weight is 205 g/mol. The maximum atomic E-state index is 11.5. The minimum absolute atomic E-state index is 0.0781. The summed E-state index contributed by atoms with van der Waals surface area (Å²) < 4.78 is 4.94. The molecule has 2 rings (SSSR count). The second kappa shape index (κ2) is 4.03. The molecule has 15 heavy (non-hydrogen) atoms. The highest BCUT2D eigenvalue weighted by Crippen LogP contribution is 2.29. The molecule has 1 aliphatic rings. The summed E-state index contributed by atoms with van der Waals surface area (Å²) in [6.07, 6.45) is 1.99. The van der Waals surface area contributed by atoms with Crippen LogP contribution >= 0.6 is 0 Å². The van der Waals surface area contributed by atoms with Gasteiger partial charge in [-0.3, -0.25) is 0 Å². The normalized spacial score (nSPS) is 18.7. The molecule has 1 atom stereocenters. The Morgan fingerprint density at radius 3 is 3.13 bits per heavy atom. The number of ether oxygens (including phenoxy) is 1. The highest BCUT2D eigenvalue weighted by atomic mass is 16.5. The molecule has 80 valence electrons. The van der Waals surface area contributed by atoms with Gasteiger partial charge in [0.2, 0.25) is 0 Å². The van der Waals surface area contributed by atoms with Gasteiger partial charge in [0.05, 0.1) is 12.2 Å². The number of hydrogen-bond donors (Lipinski definition) is 1. The van der Waals surface area contributed by atoms with Gasteiger partial charge < -0.3 is 10.5 Å². The average Bonchev–Trinajstić information content (AvgIpc) is 2.60. The first-order chi connectivity index (χ1) is 7.22. The molecule has 0 radical (unpaired) electrons. The number of aryl methyl sites for hydroxylation is 1. The summed E-state index contributed by atoms with van der Waals surface area (Å²) >= 11 is 0. The highest BCUT2D eigenvalue weighted by molar-refractivity contribution is 5.89. The third kappa shape index (κ3) is 1.88. The first-order valence-corrected chi connectivity index (χ1v) is 5.28. The van der Waals surface area contributed by atoms with Gasteiger partial charge in [0, 0.05) is 6.04 Å². The Morgan fingerprint density at radius 1 is 1.60 bits per heavy atom. The molecule has 0 fully saturated rings. The lowest BCUT2D eigenvalue weighted by Crippen LogP contribution is -2.08. The highest BCUT2D eigenvalue weighted by Gasteiger charge is 2.20. The first-order valence-electron chi connectivity index (χ1n) is 5.28. The molecule has 0 heterocycles. The largest absolute Gasteiger partial charge is 0.462 e. The van der Waals surface area contributed by atoms with E-state index in [0.29, 0.717) is 12.2 Å². The second-order valence-corrected chi connectivity index (χ2v) is 3.78. The van der Waals surface area contributed by atoms with Crippen LogP contribution in [0.5, 0.6) is 0 Å². The number of carbonyl (C=O) groups excluding carboxylic acids is 1. The van der Waals surface area contributed by atoms with E-state index in [0.717, 1.165) is 18.4 Å². The van der Waals surface area contributed by atoms with Crippen molar-refractivity contribution in [3.8, 4) is 0 Å². The van der Waals surface area contributed by atoms with Crippen molar-refractivity contribution in [2.45, 2.75) is 25.8 Å². The fourth-order valence-electron chi connectivity index (χ4n) is 1.98. The first kappa shape index (κ1) is 10.2. The quantitative estimate of drug-likeness (QED) is 0.749. The molecule has 1 aliphatic carbocycles. The van der Waals surface area contributed by atoms with Crippen molar-refractivity contribution in [1.29, 1.82) is 0 Å². The molecule has 0 bridgehead atoms. The lowest BCUT2D eigenvalue weighted by atomic mass is 10.0. The maximum Gasteiger partial charge on any atom is 0.338 e. The van der Waals surface area contributed by atoms with E-state index >= 15 is 0 Å². The fourth-order valence-corrected chi connectivity index (χ4v) is 1.98. The van der Waals surface area contributed by atoms with E-state index in [1.54, 1.807) is 6.92 Å². The molecule has 1 aromatic rings. The number of carbonyl (C=O) groups is 1. The van der Waals surface area contributed by atoms with Crippen LogP contribution in [0.2, 0.25) is 0 Å². The van der Waals surface area contributed by atoms with Gasteiger partial charge in [0.15, 0.2) is 0 Å². The van der Waals surface area contributed by atoms with E-state index in [-0.39, 0.29) is 12.0 Å². The molecule has 3 nitrogen and oxygen atoms in total. The van der Waals surface area contributed by atoms with Crippen molar-refractivity contribution in [3.05, 3.63) is 34.9 Å². The van der Waals surface area contributed by atoms with Crippen LogP contribution < -0.4 is 5.73 Å². The van der Waals surface area contributed by atoms with Crippen molar-refractivity contribution in [2.24, 2.45) is 5.73 Å². The summed E-state index contributed by atoms with van der Waals surface area (Å²) in [4.78, 5) is 11.5. The summed E-state index contributed by atoms with van der Waals surface area (Å²) in [6, 6.07) is 5.74. The zero-order valence-corrected chi connectivity index (χ0v) is 8.82. The van der Waals surface area contributed by atoms with Crippen molar-refractivity contribution < 1.29 is 9.53 Å². The Bertz CT molecular complexity index is 387. The van der Waals surface area contributed by atoms with Gasteiger partial charge in [-0.1, -0.05) is 6.07 Å². The molecule has 0 saturated carbocycles. The van der Waals surface area contributed by atoms with E-state index < -0.39 is 0 Å².